The third-order valence-corrected chi connectivity index (χ3v) is 1.99. The van der Waals surface area contributed by atoms with Crippen molar-refractivity contribution in [1.82, 2.24) is 4.90 Å². The molecule has 0 aliphatic rings. The van der Waals surface area contributed by atoms with E-state index in [1.54, 1.807) is 6.92 Å². The number of hydrogen-bond acceptors (Lipinski definition) is 2. The molecule has 0 amide bonds. The second kappa shape index (κ2) is 4.40. The molecule has 1 atom stereocenters. The standard InChI is InChI=1S/C11H17NO/c1-9(13)11-7-5-4-6-10(11)8-12(2)3/h4-7,9,13H,8H2,1-3H3. The van der Waals surface area contributed by atoms with Crippen molar-refractivity contribution in [3.05, 3.63) is 35.4 Å². The molecule has 0 aliphatic carbocycles. The Morgan fingerprint density at radius 3 is 2.46 bits per heavy atom. The number of nitrogens with zero attached hydrogens (tertiary/aromatic N) is 1. The first-order chi connectivity index (χ1) is 6.11. The van der Waals surface area contributed by atoms with E-state index in [2.05, 4.69) is 11.0 Å². The first-order valence-electron chi connectivity index (χ1n) is 4.52. The van der Waals surface area contributed by atoms with Crippen molar-refractivity contribution in [2.24, 2.45) is 0 Å². The molecule has 0 saturated carbocycles. The molecular formula is C11H17NO. The van der Waals surface area contributed by atoms with Gasteiger partial charge in [0.2, 0.25) is 0 Å². The highest BCUT2D eigenvalue weighted by atomic mass is 16.3. The van der Waals surface area contributed by atoms with Crippen LogP contribution in [0.4, 0.5) is 0 Å². The Morgan fingerprint density at radius 1 is 1.31 bits per heavy atom. The second-order valence-electron chi connectivity index (χ2n) is 3.61. The van der Waals surface area contributed by atoms with Crippen LogP contribution in [-0.4, -0.2) is 24.1 Å². The molecule has 1 N–H and O–H groups in total. The molecule has 1 unspecified atom stereocenters. The molecule has 2 nitrogen and oxygen atoms in total. The van der Waals surface area contributed by atoms with Crippen LogP contribution in [0.3, 0.4) is 0 Å². The fourth-order valence-corrected chi connectivity index (χ4v) is 1.43. The smallest absolute Gasteiger partial charge is 0.0765 e. The maximum Gasteiger partial charge on any atom is 0.0765 e. The summed E-state index contributed by atoms with van der Waals surface area (Å²) in [6.45, 7) is 2.68. The van der Waals surface area contributed by atoms with Gasteiger partial charge >= 0.3 is 0 Å². The van der Waals surface area contributed by atoms with E-state index in [4.69, 9.17) is 0 Å². The second-order valence-corrected chi connectivity index (χ2v) is 3.61. The minimum atomic E-state index is -0.379. The van der Waals surface area contributed by atoms with E-state index in [-0.39, 0.29) is 6.10 Å². The summed E-state index contributed by atoms with van der Waals surface area (Å²) in [5, 5.41) is 9.50. The normalized spacial score (nSPS) is 13.3. The van der Waals surface area contributed by atoms with Gasteiger partial charge in [0.05, 0.1) is 6.10 Å². The Bertz CT molecular complexity index is 269. The summed E-state index contributed by atoms with van der Waals surface area (Å²) in [5.41, 5.74) is 2.22. The van der Waals surface area contributed by atoms with Crippen LogP contribution in [0.25, 0.3) is 0 Å². The average Bonchev–Trinajstić information content (AvgIpc) is 2.03. The molecule has 1 rings (SSSR count). The van der Waals surface area contributed by atoms with Crippen molar-refractivity contribution in [1.29, 1.82) is 0 Å². The first kappa shape index (κ1) is 10.2. The third kappa shape index (κ3) is 2.83. The van der Waals surface area contributed by atoms with Crippen molar-refractivity contribution >= 4 is 0 Å². The van der Waals surface area contributed by atoms with Crippen LogP contribution in [0.15, 0.2) is 24.3 Å². The molecule has 1 aromatic carbocycles. The highest BCUT2D eigenvalue weighted by Gasteiger charge is 2.06. The Labute approximate surface area is 79.8 Å². The number of rotatable bonds is 3. The zero-order chi connectivity index (χ0) is 9.84. The van der Waals surface area contributed by atoms with Gasteiger partial charge in [0.25, 0.3) is 0 Å². The maximum absolute atomic E-state index is 9.50. The van der Waals surface area contributed by atoms with Crippen LogP contribution in [0.1, 0.15) is 24.2 Å². The Balaban J connectivity index is 2.91. The van der Waals surface area contributed by atoms with Gasteiger partial charge in [0, 0.05) is 6.54 Å². The summed E-state index contributed by atoms with van der Waals surface area (Å²) in [6.07, 6.45) is -0.379. The molecule has 0 radical (unpaired) electrons. The lowest BCUT2D eigenvalue weighted by atomic mass is 10.0. The summed E-state index contributed by atoms with van der Waals surface area (Å²) in [5.74, 6) is 0. The lowest BCUT2D eigenvalue weighted by molar-refractivity contribution is 0.197. The van der Waals surface area contributed by atoms with E-state index in [1.165, 1.54) is 5.56 Å². The average molecular weight is 179 g/mol. The van der Waals surface area contributed by atoms with Gasteiger partial charge in [-0.2, -0.15) is 0 Å². The van der Waals surface area contributed by atoms with Crippen molar-refractivity contribution in [2.75, 3.05) is 14.1 Å². The molecule has 0 heterocycles. The van der Waals surface area contributed by atoms with Gasteiger partial charge < -0.3 is 10.0 Å². The summed E-state index contributed by atoms with van der Waals surface area (Å²) in [6, 6.07) is 8.00. The van der Waals surface area contributed by atoms with Crippen molar-refractivity contribution < 1.29 is 5.11 Å². The number of hydrogen-bond donors (Lipinski definition) is 1. The molecule has 0 bridgehead atoms. The van der Waals surface area contributed by atoms with Gasteiger partial charge in [-0.15, -0.1) is 0 Å². The van der Waals surface area contributed by atoms with Crippen LogP contribution in [-0.2, 0) is 6.54 Å². The first-order valence-corrected chi connectivity index (χ1v) is 4.52. The van der Waals surface area contributed by atoms with E-state index < -0.39 is 0 Å². The molecule has 0 saturated heterocycles. The zero-order valence-corrected chi connectivity index (χ0v) is 8.49. The lowest BCUT2D eigenvalue weighted by Crippen LogP contribution is -2.13. The predicted molar refractivity (Wildman–Crippen MR) is 54.5 cm³/mol. The van der Waals surface area contributed by atoms with E-state index >= 15 is 0 Å². The van der Waals surface area contributed by atoms with Crippen LogP contribution < -0.4 is 0 Å². The minimum absolute atomic E-state index is 0.379. The van der Waals surface area contributed by atoms with Crippen LogP contribution >= 0.6 is 0 Å². The van der Waals surface area contributed by atoms with Crippen LogP contribution in [0.5, 0.6) is 0 Å². The zero-order valence-electron chi connectivity index (χ0n) is 8.49. The molecule has 0 fully saturated rings. The molecular weight excluding hydrogens is 162 g/mol. The number of aliphatic hydroxyl groups excluding tert-OH is 1. The maximum atomic E-state index is 9.50. The SMILES string of the molecule is CC(O)c1ccccc1CN(C)C. The summed E-state index contributed by atoms with van der Waals surface area (Å²) < 4.78 is 0. The van der Waals surface area contributed by atoms with Gasteiger partial charge in [-0.1, -0.05) is 24.3 Å². The molecule has 2 heteroatoms. The highest BCUT2D eigenvalue weighted by molar-refractivity contribution is 5.28. The molecule has 0 spiro atoms. The summed E-state index contributed by atoms with van der Waals surface area (Å²) in [7, 11) is 4.05. The van der Waals surface area contributed by atoms with Crippen molar-refractivity contribution in [2.45, 2.75) is 19.6 Å². The van der Waals surface area contributed by atoms with Gasteiger partial charge in [0.1, 0.15) is 0 Å². The van der Waals surface area contributed by atoms with Crippen molar-refractivity contribution in [3.63, 3.8) is 0 Å². The van der Waals surface area contributed by atoms with E-state index in [0.29, 0.717) is 0 Å². The van der Waals surface area contributed by atoms with Crippen LogP contribution in [0, 0.1) is 0 Å². The fraction of sp³-hybridized carbons (Fsp3) is 0.455. The van der Waals surface area contributed by atoms with E-state index in [1.807, 2.05) is 32.3 Å². The van der Waals surface area contributed by atoms with Gasteiger partial charge in [0.15, 0.2) is 0 Å². The predicted octanol–water partition coefficient (Wildman–Crippen LogP) is 1.80. The largest absolute Gasteiger partial charge is 0.389 e. The summed E-state index contributed by atoms with van der Waals surface area (Å²) in [4.78, 5) is 2.10. The van der Waals surface area contributed by atoms with E-state index in [9.17, 15) is 5.11 Å². The monoisotopic (exact) mass is 179 g/mol. The third-order valence-electron chi connectivity index (χ3n) is 1.99. The Morgan fingerprint density at radius 2 is 1.92 bits per heavy atom. The quantitative estimate of drug-likeness (QED) is 0.764. The number of benzene rings is 1. The molecule has 13 heavy (non-hydrogen) atoms. The van der Waals surface area contributed by atoms with Gasteiger partial charge in [-0.05, 0) is 32.1 Å². The Kier molecular flexibility index (Phi) is 3.46. The summed E-state index contributed by atoms with van der Waals surface area (Å²) >= 11 is 0. The highest BCUT2D eigenvalue weighted by Crippen LogP contribution is 2.17. The number of aliphatic hydroxyl groups is 1. The van der Waals surface area contributed by atoms with Gasteiger partial charge in [-0.3, -0.25) is 0 Å². The van der Waals surface area contributed by atoms with Crippen molar-refractivity contribution in [3.8, 4) is 0 Å². The van der Waals surface area contributed by atoms with Crippen LogP contribution in [0.2, 0.25) is 0 Å². The topological polar surface area (TPSA) is 23.5 Å². The molecule has 72 valence electrons. The molecule has 0 aromatic heterocycles. The molecule has 1 aromatic rings. The van der Waals surface area contributed by atoms with E-state index in [0.717, 1.165) is 12.1 Å². The lowest BCUT2D eigenvalue weighted by Gasteiger charge is -2.15. The fourth-order valence-electron chi connectivity index (χ4n) is 1.43. The Hall–Kier alpha value is -0.860. The van der Waals surface area contributed by atoms with Gasteiger partial charge in [-0.25, -0.2) is 0 Å². The molecule has 0 aliphatic heterocycles. The minimum Gasteiger partial charge on any atom is -0.389 e.